The van der Waals surface area contributed by atoms with Gasteiger partial charge in [-0.3, -0.25) is 0 Å². The molecule has 0 spiro atoms. The first kappa shape index (κ1) is 20.4. The fourth-order valence-electron chi connectivity index (χ4n) is 2.81. The van der Waals surface area contributed by atoms with Crippen LogP contribution in [0.5, 0.6) is 5.75 Å². The van der Waals surface area contributed by atoms with Gasteiger partial charge in [0.1, 0.15) is 18.5 Å². The Morgan fingerprint density at radius 1 is 1.00 bits per heavy atom. The molecule has 26 heavy (non-hydrogen) atoms. The third-order valence-corrected chi connectivity index (χ3v) is 4.63. The van der Waals surface area contributed by atoms with Crippen molar-refractivity contribution in [3.05, 3.63) is 65.7 Å². The molecule has 2 N–H and O–H groups in total. The van der Waals surface area contributed by atoms with E-state index in [1.54, 1.807) is 0 Å². The Labute approximate surface area is 157 Å². The molecule has 1 atom stereocenters. The van der Waals surface area contributed by atoms with Crippen molar-refractivity contribution in [3.8, 4) is 5.75 Å². The zero-order chi connectivity index (χ0) is 19.0. The Balaban J connectivity index is 1.84. The predicted octanol–water partition coefficient (Wildman–Crippen LogP) is 2.90. The molecular weight excluding hydrogens is 324 g/mol. The van der Waals surface area contributed by atoms with Crippen molar-refractivity contribution in [2.45, 2.75) is 25.4 Å². The number of likely N-dealkylation sites (N-methyl/N-ethyl adjacent to an activating group) is 1. The van der Waals surface area contributed by atoms with Gasteiger partial charge in [0.15, 0.2) is 0 Å². The summed E-state index contributed by atoms with van der Waals surface area (Å²) in [7, 11) is 4.06. The SMILES string of the molecule is CN(C)CCNC[C@@H](O)COc1ccc(C(C)(C)c2ccccc2)cc1. The molecule has 0 amide bonds. The van der Waals surface area contributed by atoms with Crippen molar-refractivity contribution in [3.63, 3.8) is 0 Å². The smallest absolute Gasteiger partial charge is 0.119 e. The van der Waals surface area contributed by atoms with Crippen LogP contribution in [0.25, 0.3) is 0 Å². The fraction of sp³-hybridized carbons (Fsp3) is 0.455. The standard InChI is InChI=1S/C22H32N2O2/c1-22(2,18-8-6-5-7-9-18)19-10-12-21(13-11-19)26-17-20(25)16-23-14-15-24(3)4/h5-13,20,23,25H,14-17H2,1-4H3/t20-/m1/s1. The van der Waals surface area contributed by atoms with Gasteiger partial charge >= 0.3 is 0 Å². The minimum atomic E-state index is -0.516. The highest BCUT2D eigenvalue weighted by Crippen LogP contribution is 2.32. The van der Waals surface area contributed by atoms with E-state index in [-0.39, 0.29) is 12.0 Å². The zero-order valence-electron chi connectivity index (χ0n) is 16.4. The van der Waals surface area contributed by atoms with Crippen LogP contribution >= 0.6 is 0 Å². The van der Waals surface area contributed by atoms with Crippen LogP contribution in [0.15, 0.2) is 54.6 Å². The maximum absolute atomic E-state index is 10.0. The van der Waals surface area contributed by atoms with Gasteiger partial charge in [-0.05, 0) is 37.4 Å². The van der Waals surface area contributed by atoms with Crippen molar-refractivity contribution in [2.24, 2.45) is 0 Å². The average molecular weight is 357 g/mol. The van der Waals surface area contributed by atoms with Crippen LogP contribution in [0, 0.1) is 0 Å². The van der Waals surface area contributed by atoms with E-state index in [1.807, 2.05) is 32.3 Å². The zero-order valence-corrected chi connectivity index (χ0v) is 16.4. The number of aliphatic hydroxyl groups excluding tert-OH is 1. The fourth-order valence-corrected chi connectivity index (χ4v) is 2.81. The second-order valence-electron chi connectivity index (χ2n) is 7.49. The van der Waals surface area contributed by atoms with Gasteiger partial charge in [0, 0.05) is 25.0 Å². The van der Waals surface area contributed by atoms with Gasteiger partial charge in [0.2, 0.25) is 0 Å². The van der Waals surface area contributed by atoms with Crippen LogP contribution < -0.4 is 10.1 Å². The van der Waals surface area contributed by atoms with Crippen LogP contribution in [0.4, 0.5) is 0 Å². The summed E-state index contributed by atoms with van der Waals surface area (Å²) in [6.45, 7) is 7.08. The first-order valence-corrected chi connectivity index (χ1v) is 9.22. The Kier molecular flexibility index (Phi) is 7.64. The number of aliphatic hydroxyl groups is 1. The summed E-state index contributed by atoms with van der Waals surface area (Å²) in [5, 5.41) is 13.2. The summed E-state index contributed by atoms with van der Waals surface area (Å²) in [5.41, 5.74) is 2.46. The van der Waals surface area contributed by atoms with E-state index in [9.17, 15) is 5.11 Å². The lowest BCUT2D eigenvalue weighted by atomic mass is 9.78. The van der Waals surface area contributed by atoms with Gasteiger partial charge in [0.05, 0.1) is 0 Å². The molecule has 0 aliphatic rings. The highest BCUT2D eigenvalue weighted by Gasteiger charge is 2.22. The van der Waals surface area contributed by atoms with Crippen molar-refractivity contribution in [1.82, 2.24) is 10.2 Å². The molecule has 0 unspecified atom stereocenters. The summed E-state index contributed by atoms with van der Waals surface area (Å²) < 4.78 is 5.72. The van der Waals surface area contributed by atoms with Gasteiger partial charge in [-0.1, -0.05) is 56.3 Å². The summed E-state index contributed by atoms with van der Waals surface area (Å²) in [6, 6.07) is 18.7. The molecule has 0 radical (unpaired) electrons. The normalized spacial score (nSPS) is 13.0. The monoisotopic (exact) mass is 356 g/mol. The third kappa shape index (κ3) is 6.13. The molecule has 0 fully saturated rings. The van der Waals surface area contributed by atoms with Crippen LogP contribution in [-0.2, 0) is 5.41 Å². The minimum absolute atomic E-state index is 0.0599. The van der Waals surface area contributed by atoms with Crippen LogP contribution in [0.2, 0.25) is 0 Å². The quantitative estimate of drug-likeness (QED) is 0.643. The molecule has 4 heteroatoms. The molecule has 0 bridgehead atoms. The van der Waals surface area contributed by atoms with Crippen LogP contribution in [-0.4, -0.2) is 56.4 Å². The lowest BCUT2D eigenvalue weighted by Gasteiger charge is -2.26. The third-order valence-electron chi connectivity index (χ3n) is 4.63. The Hall–Kier alpha value is -1.88. The predicted molar refractivity (Wildman–Crippen MR) is 108 cm³/mol. The molecule has 2 rings (SSSR count). The second-order valence-corrected chi connectivity index (χ2v) is 7.49. The lowest BCUT2D eigenvalue weighted by molar-refractivity contribution is 0.106. The Morgan fingerprint density at radius 3 is 2.23 bits per heavy atom. The van der Waals surface area contributed by atoms with Gasteiger partial charge in [-0.15, -0.1) is 0 Å². The highest BCUT2D eigenvalue weighted by molar-refractivity contribution is 5.39. The van der Waals surface area contributed by atoms with Gasteiger partial charge < -0.3 is 20.1 Å². The largest absolute Gasteiger partial charge is 0.491 e. The molecule has 0 heterocycles. The number of benzene rings is 2. The van der Waals surface area contributed by atoms with Gasteiger partial charge in [-0.25, -0.2) is 0 Å². The molecule has 2 aromatic rings. The van der Waals surface area contributed by atoms with E-state index in [0.717, 1.165) is 18.8 Å². The van der Waals surface area contributed by atoms with E-state index in [2.05, 4.69) is 60.5 Å². The van der Waals surface area contributed by atoms with Crippen LogP contribution in [0.3, 0.4) is 0 Å². The van der Waals surface area contributed by atoms with E-state index in [4.69, 9.17) is 4.74 Å². The maximum Gasteiger partial charge on any atom is 0.119 e. The molecule has 0 aliphatic heterocycles. The van der Waals surface area contributed by atoms with E-state index in [0.29, 0.717) is 6.54 Å². The number of ether oxygens (including phenoxy) is 1. The molecule has 4 nitrogen and oxygen atoms in total. The summed E-state index contributed by atoms with van der Waals surface area (Å²) >= 11 is 0. The maximum atomic E-state index is 10.0. The van der Waals surface area contributed by atoms with Crippen molar-refractivity contribution in [2.75, 3.05) is 40.3 Å². The molecule has 0 saturated carbocycles. The molecule has 0 aromatic heterocycles. The van der Waals surface area contributed by atoms with Crippen molar-refractivity contribution < 1.29 is 9.84 Å². The molecular formula is C22H32N2O2. The first-order chi connectivity index (χ1) is 12.4. The summed E-state index contributed by atoms with van der Waals surface area (Å²) in [5.74, 6) is 0.782. The molecule has 0 saturated heterocycles. The van der Waals surface area contributed by atoms with Crippen molar-refractivity contribution in [1.29, 1.82) is 0 Å². The number of hydrogen-bond acceptors (Lipinski definition) is 4. The number of nitrogens with one attached hydrogen (secondary N) is 1. The van der Waals surface area contributed by atoms with Gasteiger partial charge in [-0.2, -0.15) is 0 Å². The number of nitrogens with zero attached hydrogens (tertiary/aromatic N) is 1. The van der Waals surface area contributed by atoms with Gasteiger partial charge in [0.25, 0.3) is 0 Å². The van der Waals surface area contributed by atoms with E-state index < -0.39 is 6.10 Å². The topological polar surface area (TPSA) is 44.7 Å². The second kappa shape index (κ2) is 9.72. The van der Waals surface area contributed by atoms with Crippen LogP contribution in [0.1, 0.15) is 25.0 Å². The Morgan fingerprint density at radius 2 is 1.62 bits per heavy atom. The molecule has 142 valence electrons. The lowest BCUT2D eigenvalue weighted by Crippen LogP contribution is -2.35. The summed E-state index contributed by atoms with van der Waals surface area (Å²) in [6.07, 6.45) is -0.516. The number of hydrogen-bond donors (Lipinski definition) is 2. The van der Waals surface area contributed by atoms with E-state index in [1.165, 1.54) is 11.1 Å². The minimum Gasteiger partial charge on any atom is -0.491 e. The van der Waals surface area contributed by atoms with Crippen molar-refractivity contribution >= 4 is 0 Å². The first-order valence-electron chi connectivity index (χ1n) is 9.22. The summed E-state index contributed by atoms with van der Waals surface area (Å²) in [4.78, 5) is 2.11. The molecule has 2 aromatic carbocycles. The van der Waals surface area contributed by atoms with E-state index >= 15 is 0 Å². The number of rotatable bonds is 10. The molecule has 0 aliphatic carbocycles. The highest BCUT2D eigenvalue weighted by atomic mass is 16.5. The average Bonchev–Trinajstić information content (AvgIpc) is 2.64. The Bertz CT molecular complexity index is 639.